The highest BCUT2D eigenvalue weighted by atomic mass is 16.5. The highest BCUT2D eigenvalue weighted by Crippen LogP contribution is 2.07. The molecule has 1 aromatic carbocycles. The summed E-state index contributed by atoms with van der Waals surface area (Å²) in [7, 11) is 0. The highest BCUT2D eigenvalue weighted by Gasteiger charge is 2.15. The molecule has 0 saturated carbocycles. The Morgan fingerprint density at radius 3 is 2.70 bits per heavy atom. The Morgan fingerprint density at radius 1 is 1.13 bits per heavy atom. The van der Waals surface area contributed by atoms with E-state index >= 15 is 0 Å². The molecule has 0 N–H and O–H groups in total. The van der Waals surface area contributed by atoms with Gasteiger partial charge in [-0.15, -0.1) is 0 Å². The van der Waals surface area contributed by atoms with Gasteiger partial charge in [-0.25, -0.2) is 4.79 Å². The topological polar surface area (TPSA) is 74.3 Å². The van der Waals surface area contributed by atoms with Gasteiger partial charge in [0, 0.05) is 6.20 Å². The maximum atomic E-state index is 11.9. The molecule has 2 aromatic heterocycles. The van der Waals surface area contributed by atoms with Crippen LogP contribution in [0.2, 0.25) is 0 Å². The van der Waals surface area contributed by atoms with Crippen molar-refractivity contribution in [3.05, 3.63) is 78.0 Å². The molecule has 2 heterocycles. The predicted octanol–water partition coefficient (Wildman–Crippen LogP) is 2.56. The number of aromatic nitrogens is 2. The largest absolute Gasteiger partial charge is 0.461 e. The van der Waals surface area contributed by atoms with E-state index in [-0.39, 0.29) is 18.2 Å². The minimum atomic E-state index is -0.593. The molecule has 0 atom stereocenters. The lowest BCUT2D eigenvalue weighted by atomic mass is 10.2. The number of esters is 1. The first kappa shape index (κ1) is 14.8. The summed E-state index contributed by atoms with van der Waals surface area (Å²) in [5, 5.41) is 4.12. The van der Waals surface area contributed by atoms with Gasteiger partial charge in [-0.05, 0) is 17.7 Å². The zero-order valence-corrected chi connectivity index (χ0v) is 12.2. The Morgan fingerprint density at radius 2 is 1.96 bits per heavy atom. The zero-order valence-electron chi connectivity index (χ0n) is 12.2. The monoisotopic (exact) mass is 310 g/mol. The number of furan rings is 1. The summed E-state index contributed by atoms with van der Waals surface area (Å²) in [6.07, 6.45) is 4.40. The van der Waals surface area contributed by atoms with Gasteiger partial charge in [-0.1, -0.05) is 30.3 Å². The van der Waals surface area contributed by atoms with Gasteiger partial charge in [0.25, 0.3) is 0 Å². The van der Waals surface area contributed by atoms with Crippen molar-refractivity contribution in [1.29, 1.82) is 0 Å². The first-order chi connectivity index (χ1) is 11.2. The minimum Gasteiger partial charge on any atom is -0.461 e. The Balaban J connectivity index is 1.57. The smallest absolute Gasteiger partial charge is 0.341 e. The number of rotatable bonds is 6. The van der Waals surface area contributed by atoms with Gasteiger partial charge in [-0.2, -0.15) is 5.10 Å². The van der Waals surface area contributed by atoms with E-state index in [9.17, 15) is 9.59 Å². The van der Waals surface area contributed by atoms with Crippen molar-refractivity contribution in [3.63, 3.8) is 0 Å². The standard InChI is InChI=1S/C17H14N2O4/c20-15(16-7-4-8-22-16)12-23-17(21)14-9-18-19(11-14)10-13-5-2-1-3-6-13/h1-9,11H,10,12H2. The average molecular weight is 310 g/mol. The van der Waals surface area contributed by atoms with Crippen molar-refractivity contribution in [2.75, 3.05) is 6.61 Å². The first-order valence-corrected chi connectivity index (χ1v) is 7.02. The van der Waals surface area contributed by atoms with Crippen LogP contribution in [0.5, 0.6) is 0 Å². The van der Waals surface area contributed by atoms with Crippen LogP contribution in [0, 0.1) is 0 Å². The summed E-state index contributed by atoms with van der Waals surface area (Å²) in [5.41, 5.74) is 1.37. The fourth-order valence-corrected chi connectivity index (χ4v) is 2.05. The van der Waals surface area contributed by atoms with E-state index in [0.717, 1.165) is 5.56 Å². The third-order valence-electron chi connectivity index (χ3n) is 3.19. The second-order valence-corrected chi connectivity index (χ2v) is 4.89. The number of hydrogen-bond donors (Lipinski definition) is 0. The van der Waals surface area contributed by atoms with Crippen molar-refractivity contribution in [2.45, 2.75) is 6.54 Å². The van der Waals surface area contributed by atoms with Gasteiger partial charge in [0.05, 0.1) is 24.6 Å². The van der Waals surface area contributed by atoms with Crippen LogP contribution in [-0.4, -0.2) is 28.1 Å². The SMILES string of the molecule is O=C(OCC(=O)c1ccco1)c1cnn(Cc2ccccc2)c1. The van der Waals surface area contributed by atoms with Gasteiger partial charge in [0.2, 0.25) is 5.78 Å². The lowest BCUT2D eigenvalue weighted by molar-refractivity contribution is 0.0467. The van der Waals surface area contributed by atoms with Crippen LogP contribution in [-0.2, 0) is 11.3 Å². The summed E-state index contributed by atoms with van der Waals surface area (Å²) < 4.78 is 11.6. The molecule has 0 bridgehead atoms. The average Bonchev–Trinajstić information content (AvgIpc) is 3.25. The lowest BCUT2D eigenvalue weighted by Gasteiger charge is -2.01. The molecule has 0 fully saturated rings. The van der Waals surface area contributed by atoms with Crippen LogP contribution in [0.4, 0.5) is 0 Å². The van der Waals surface area contributed by atoms with Crippen molar-refractivity contribution < 1.29 is 18.7 Å². The molecule has 0 radical (unpaired) electrons. The van der Waals surface area contributed by atoms with Crippen LogP contribution < -0.4 is 0 Å². The number of ketones is 1. The van der Waals surface area contributed by atoms with Crippen LogP contribution in [0.15, 0.2) is 65.5 Å². The third kappa shape index (κ3) is 3.74. The van der Waals surface area contributed by atoms with Crippen LogP contribution in [0.1, 0.15) is 26.5 Å². The Bertz CT molecular complexity index is 791. The van der Waals surface area contributed by atoms with Crippen LogP contribution in [0.25, 0.3) is 0 Å². The number of nitrogens with zero attached hydrogens (tertiary/aromatic N) is 2. The quantitative estimate of drug-likeness (QED) is 0.517. The molecule has 6 heteroatoms. The van der Waals surface area contributed by atoms with Gasteiger partial charge < -0.3 is 9.15 Å². The molecular weight excluding hydrogens is 296 g/mol. The number of carbonyl (C=O) groups is 2. The second kappa shape index (κ2) is 6.74. The molecule has 0 aliphatic carbocycles. The predicted molar refractivity (Wildman–Crippen MR) is 81.1 cm³/mol. The lowest BCUT2D eigenvalue weighted by Crippen LogP contribution is -2.13. The van der Waals surface area contributed by atoms with Crippen molar-refractivity contribution in [1.82, 2.24) is 9.78 Å². The summed E-state index contributed by atoms with van der Waals surface area (Å²) in [4.78, 5) is 23.6. The van der Waals surface area contributed by atoms with Crippen LogP contribution >= 0.6 is 0 Å². The summed E-state index contributed by atoms with van der Waals surface area (Å²) >= 11 is 0. The molecule has 116 valence electrons. The maximum absolute atomic E-state index is 11.9. The normalized spacial score (nSPS) is 10.4. The molecule has 3 aromatic rings. The van der Waals surface area contributed by atoms with E-state index in [1.165, 1.54) is 18.5 Å². The fraction of sp³-hybridized carbons (Fsp3) is 0.118. The molecule has 6 nitrogen and oxygen atoms in total. The molecule has 0 amide bonds. The molecule has 3 rings (SSSR count). The van der Waals surface area contributed by atoms with E-state index in [1.807, 2.05) is 30.3 Å². The Kier molecular flexibility index (Phi) is 4.33. The number of benzene rings is 1. The number of hydrogen-bond acceptors (Lipinski definition) is 5. The van der Waals surface area contributed by atoms with Crippen molar-refractivity contribution >= 4 is 11.8 Å². The highest BCUT2D eigenvalue weighted by molar-refractivity contribution is 5.97. The van der Waals surface area contributed by atoms with Gasteiger partial charge in [0.1, 0.15) is 0 Å². The van der Waals surface area contributed by atoms with E-state index in [1.54, 1.807) is 16.9 Å². The van der Waals surface area contributed by atoms with E-state index in [4.69, 9.17) is 9.15 Å². The molecule has 0 unspecified atom stereocenters. The van der Waals surface area contributed by atoms with Gasteiger partial charge >= 0.3 is 5.97 Å². The zero-order chi connectivity index (χ0) is 16.1. The van der Waals surface area contributed by atoms with Gasteiger partial charge in [0.15, 0.2) is 12.4 Å². The van der Waals surface area contributed by atoms with Crippen molar-refractivity contribution in [3.8, 4) is 0 Å². The van der Waals surface area contributed by atoms with E-state index in [0.29, 0.717) is 12.1 Å². The molecular formula is C17H14N2O4. The van der Waals surface area contributed by atoms with Crippen LogP contribution in [0.3, 0.4) is 0 Å². The third-order valence-corrected chi connectivity index (χ3v) is 3.19. The molecule has 0 spiro atoms. The second-order valence-electron chi connectivity index (χ2n) is 4.89. The molecule has 0 aliphatic rings. The summed E-state index contributed by atoms with van der Waals surface area (Å²) in [6, 6.07) is 12.9. The number of Topliss-reactive ketones (excluding diaryl/α,β-unsaturated/α-hetero) is 1. The maximum Gasteiger partial charge on any atom is 0.341 e. The Labute approximate surface area is 132 Å². The summed E-state index contributed by atoms with van der Waals surface area (Å²) in [6.45, 7) is 0.190. The first-order valence-electron chi connectivity index (χ1n) is 7.02. The number of carbonyl (C=O) groups excluding carboxylic acids is 2. The van der Waals surface area contributed by atoms with Gasteiger partial charge in [-0.3, -0.25) is 9.48 Å². The van der Waals surface area contributed by atoms with E-state index in [2.05, 4.69) is 5.10 Å². The number of ether oxygens (including phenoxy) is 1. The Hall–Kier alpha value is -3.15. The van der Waals surface area contributed by atoms with E-state index < -0.39 is 5.97 Å². The fourth-order valence-electron chi connectivity index (χ4n) is 2.05. The molecule has 0 aliphatic heterocycles. The minimum absolute atomic E-state index is 0.164. The molecule has 0 saturated heterocycles. The van der Waals surface area contributed by atoms with Crippen molar-refractivity contribution in [2.24, 2.45) is 0 Å². The molecule has 23 heavy (non-hydrogen) atoms. The summed E-state index contributed by atoms with van der Waals surface area (Å²) in [5.74, 6) is -0.818.